The van der Waals surface area contributed by atoms with Crippen LogP contribution in [-0.4, -0.2) is 43.2 Å². The van der Waals surface area contributed by atoms with E-state index in [0.717, 1.165) is 49.3 Å². The lowest BCUT2D eigenvalue weighted by Gasteiger charge is -2.37. The van der Waals surface area contributed by atoms with Gasteiger partial charge in [0.15, 0.2) is 11.5 Å². The van der Waals surface area contributed by atoms with Gasteiger partial charge in [-0.25, -0.2) is 0 Å². The molecule has 5 nitrogen and oxygen atoms in total. The first kappa shape index (κ1) is 21.5. The van der Waals surface area contributed by atoms with Gasteiger partial charge in [-0.05, 0) is 63.6 Å². The van der Waals surface area contributed by atoms with Crippen LogP contribution in [0, 0.1) is 0 Å². The second-order valence-corrected chi connectivity index (χ2v) is 7.46. The van der Waals surface area contributed by atoms with Crippen LogP contribution in [0.4, 0.5) is 0 Å². The fourth-order valence-electron chi connectivity index (χ4n) is 3.79. The van der Waals surface area contributed by atoms with Crippen LogP contribution in [0.25, 0.3) is 0 Å². The first-order valence-corrected chi connectivity index (χ1v) is 10.4. The number of nitrogens with one attached hydrogen (secondary N) is 1. The van der Waals surface area contributed by atoms with Crippen LogP contribution in [0.5, 0.6) is 11.5 Å². The average molecular weight is 377 g/mol. The molecule has 0 bridgehead atoms. The lowest BCUT2D eigenvalue weighted by molar-refractivity contribution is -0.137. The average Bonchev–Trinajstić information content (AvgIpc) is 2.71. The lowest BCUT2D eigenvalue weighted by Crippen LogP contribution is -2.51. The Kier molecular flexibility index (Phi) is 8.42. The van der Waals surface area contributed by atoms with Crippen molar-refractivity contribution in [2.24, 2.45) is 0 Å². The number of rotatable bonds is 9. The molecule has 1 N–H and O–H groups in total. The van der Waals surface area contributed by atoms with Crippen LogP contribution >= 0.6 is 0 Å². The normalized spacial score (nSPS) is 19.4. The highest BCUT2D eigenvalue weighted by atomic mass is 16.5. The zero-order chi connectivity index (χ0) is 19.8. The number of piperidine rings is 1. The Hall–Kier alpha value is -1.75. The van der Waals surface area contributed by atoms with E-state index < -0.39 is 0 Å². The minimum atomic E-state index is -0.214. The fourth-order valence-corrected chi connectivity index (χ4v) is 3.79. The van der Waals surface area contributed by atoms with Gasteiger partial charge >= 0.3 is 0 Å². The number of amides is 1. The second kappa shape index (κ2) is 10.5. The van der Waals surface area contributed by atoms with Crippen molar-refractivity contribution in [3.05, 3.63) is 23.8 Å². The van der Waals surface area contributed by atoms with Gasteiger partial charge in [-0.1, -0.05) is 19.9 Å². The molecule has 1 heterocycles. The van der Waals surface area contributed by atoms with Gasteiger partial charge in [-0.15, -0.1) is 0 Å². The lowest BCUT2D eigenvalue weighted by atomic mass is 9.99. The summed E-state index contributed by atoms with van der Waals surface area (Å²) in [5.41, 5.74) is 1.08. The van der Waals surface area contributed by atoms with E-state index >= 15 is 0 Å². The fraction of sp³-hybridized carbons (Fsp3) is 0.682. The summed E-state index contributed by atoms with van der Waals surface area (Å²) in [7, 11) is 1.66. The largest absolute Gasteiger partial charge is 0.493 e. The summed E-state index contributed by atoms with van der Waals surface area (Å²) in [6.07, 6.45) is 5.46. The molecule has 0 saturated carbocycles. The summed E-state index contributed by atoms with van der Waals surface area (Å²) in [5, 5.41) is 3.46. The number of hydrogen-bond acceptors (Lipinski definition) is 4. The number of likely N-dealkylation sites (tertiary alicyclic amines) is 1. The maximum Gasteiger partial charge on any atom is 0.239 e. The number of carbonyl (C=O) groups is 1. The van der Waals surface area contributed by atoms with E-state index in [2.05, 4.69) is 31.0 Å². The number of methoxy groups -OCH3 is 1. The van der Waals surface area contributed by atoms with Gasteiger partial charge in [0.05, 0.1) is 19.8 Å². The Labute approximate surface area is 164 Å². The monoisotopic (exact) mass is 376 g/mol. The molecule has 3 unspecified atom stereocenters. The molecular weight excluding hydrogens is 340 g/mol. The Morgan fingerprint density at radius 3 is 2.70 bits per heavy atom. The van der Waals surface area contributed by atoms with E-state index in [1.165, 1.54) is 6.42 Å². The highest BCUT2D eigenvalue weighted by Gasteiger charge is 2.29. The summed E-state index contributed by atoms with van der Waals surface area (Å²) >= 11 is 0. The number of hydrogen-bond donors (Lipinski definition) is 1. The molecule has 152 valence electrons. The maximum atomic E-state index is 12.9. The van der Waals surface area contributed by atoms with Gasteiger partial charge in [-0.2, -0.15) is 0 Å². The quantitative estimate of drug-likeness (QED) is 0.697. The number of nitrogens with zero attached hydrogens (tertiary/aromatic N) is 1. The van der Waals surface area contributed by atoms with Gasteiger partial charge in [0, 0.05) is 18.6 Å². The minimum absolute atomic E-state index is 0.0444. The molecule has 2 rings (SSSR count). The predicted octanol–water partition coefficient (Wildman–Crippen LogP) is 4.31. The smallest absolute Gasteiger partial charge is 0.239 e. The minimum Gasteiger partial charge on any atom is -0.493 e. The van der Waals surface area contributed by atoms with Crippen LogP contribution in [0.1, 0.15) is 71.4 Å². The van der Waals surface area contributed by atoms with Crippen molar-refractivity contribution in [3.63, 3.8) is 0 Å². The standard InChI is InChI=1S/C22H36N2O3/c1-6-14-27-20-12-11-18(15-21(20)26-5)16(3)23-17(4)22(25)24-13-9-8-10-19(24)7-2/h11-12,15-17,19,23H,6-10,13-14H2,1-5H3. The second-order valence-electron chi connectivity index (χ2n) is 7.46. The molecule has 0 aromatic heterocycles. The number of benzene rings is 1. The number of carbonyl (C=O) groups excluding carboxylic acids is 1. The van der Waals surface area contributed by atoms with Crippen LogP contribution in [-0.2, 0) is 4.79 Å². The van der Waals surface area contributed by atoms with E-state index in [-0.39, 0.29) is 18.0 Å². The molecule has 1 aliphatic heterocycles. The Bertz CT molecular complexity index is 605. The van der Waals surface area contributed by atoms with Crippen molar-refractivity contribution in [2.75, 3.05) is 20.3 Å². The van der Waals surface area contributed by atoms with Gasteiger partial charge in [0.2, 0.25) is 5.91 Å². The highest BCUT2D eigenvalue weighted by Crippen LogP contribution is 2.30. The molecule has 1 amide bonds. The molecule has 0 aliphatic carbocycles. The molecule has 1 aliphatic rings. The van der Waals surface area contributed by atoms with Gasteiger partial charge < -0.3 is 14.4 Å². The van der Waals surface area contributed by atoms with Crippen molar-refractivity contribution in [1.82, 2.24) is 10.2 Å². The zero-order valence-corrected chi connectivity index (χ0v) is 17.6. The van der Waals surface area contributed by atoms with Crippen LogP contribution in [0.3, 0.4) is 0 Å². The molecule has 0 spiro atoms. The molecule has 1 aromatic rings. The van der Waals surface area contributed by atoms with Crippen LogP contribution in [0.15, 0.2) is 18.2 Å². The van der Waals surface area contributed by atoms with Gasteiger partial charge in [0.1, 0.15) is 0 Å². The van der Waals surface area contributed by atoms with E-state index in [9.17, 15) is 4.79 Å². The Morgan fingerprint density at radius 1 is 1.26 bits per heavy atom. The molecular formula is C22H36N2O3. The highest BCUT2D eigenvalue weighted by molar-refractivity contribution is 5.82. The number of ether oxygens (including phenoxy) is 2. The third-order valence-electron chi connectivity index (χ3n) is 5.40. The van der Waals surface area contributed by atoms with E-state index in [4.69, 9.17) is 9.47 Å². The summed E-state index contributed by atoms with van der Waals surface area (Å²) in [5.74, 6) is 1.71. The van der Waals surface area contributed by atoms with E-state index in [1.807, 2.05) is 25.1 Å². The summed E-state index contributed by atoms with van der Waals surface area (Å²) in [6, 6.07) is 6.21. The van der Waals surface area contributed by atoms with Crippen LogP contribution in [0.2, 0.25) is 0 Å². The topological polar surface area (TPSA) is 50.8 Å². The Balaban J connectivity index is 2.02. The molecule has 1 fully saturated rings. The third-order valence-corrected chi connectivity index (χ3v) is 5.40. The van der Waals surface area contributed by atoms with Crippen LogP contribution < -0.4 is 14.8 Å². The Morgan fingerprint density at radius 2 is 2.04 bits per heavy atom. The molecule has 3 atom stereocenters. The molecule has 0 radical (unpaired) electrons. The SMILES string of the molecule is CCCOc1ccc(C(C)NC(C)C(=O)N2CCCCC2CC)cc1OC. The van der Waals surface area contributed by atoms with Crippen molar-refractivity contribution in [1.29, 1.82) is 0 Å². The summed E-state index contributed by atoms with van der Waals surface area (Å²) < 4.78 is 11.2. The first-order valence-electron chi connectivity index (χ1n) is 10.4. The van der Waals surface area contributed by atoms with E-state index in [1.54, 1.807) is 7.11 Å². The maximum absolute atomic E-state index is 12.9. The van der Waals surface area contributed by atoms with Crippen molar-refractivity contribution < 1.29 is 14.3 Å². The van der Waals surface area contributed by atoms with E-state index in [0.29, 0.717) is 12.6 Å². The molecule has 5 heteroatoms. The molecule has 1 saturated heterocycles. The predicted molar refractivity (Wildman–Crippen MR) is 109 cm³/mol. The van der Waals surface area contributed by atoms with Crippen molar-refractivity contribution in [2.45, 2.75) is 77.9 Å². The molecule has 27 heavy (non-hydrogen) atoms. The third kappa shape index (κ3) is 5.61. The summed E-state index contributed by atoms with van der Waals surface area (Å²) in [4.78, 5) is 15.0. The van der Waals surface area contributed by atoms with Gasteiger partial charge in [0.25, 0.3) is 0 Å². The zero-order valence-electron chi connectivity index (χ0n) is 17.6. The first-order chi connectivity index (χ1) is 13.0. The van der Waals surface area contributed by atoms with Gasteiger partial charge in [-0.3, -0.25) is 10.1 Å². The summed E-state index contributed by atoms with van der Waals surface area (Å²) in [6.45, 7) is 9.86. The van der Waals surface area contributed by atoms with Crippen molar-refractivity contribution >= 4 is 5.91 Å². The van der Waals surface area contributed by atoms with Crippen molar-refractivity contribution in [3.8, 4) is 11.5 Å². The molecule has 1 aromatic carbocycles.